The molecule has 0 aliphatic carbocycles. The van der Waals surface area contributed by atoms with Gasteiger partial charge >= 0.3 is 0 Å². The SMILES string of the molecule is O=C(C1CCN(c2ccc3cccc(O)c3n2)CC1)N1CCN(Cc2ccco2)CC1. The van der Waals surface area contributed by atoms with E-state index in [0.717, 1.165) is 75.6 Å². The van der Waals surface area contributed by atoms with Crippen LogP contribution in [0.1, 0.15) is 18.6 Å². The van der Waals surface area contributed by atoms with Crippen LogP contribution in [0.3, 0.4) is 0 Å². The van der Waals surface area contributed by atoms with Gasteiger partial charge in [-0.15, -0.1) is 0 Å². The monoisotopic (exact) mass is 420 g/mol. The first-order valence-corrected chi connectivity index (χ1v) is 11.0. The number of hydrogen-bond acceptors (Lipinski definition) is 6. The first kappa shape index (κ1) is 19.9. The molecule has 2 fully saturated rings. The van der Waals surface area contributed by atoms with Gasteiger partial charge in [-0.3, -0.25) is 9.69 Å². The molecule has 7 heteroatoms. The van der Waals surface area contributed by atoms with Crippen molar-refractivity contribution in [2.45, 2.75) is 19.4 Å². The highest BCUT2D eigenvalue weighted by atomic mass is 16.3. The molecule has 0 spiro atoms. The maximum atomic E-state index is 13.1. The Labute approximate surface area is 181 Å². The molecular formula is C24H28N4O3. The fourth-order valence-electron chi connectivity index (χ4n) is 4.66. The van der Waals surface area contributed by atoms with Gasteiger partial charge in [0.1, 0.15) is 22.8 Å². The Bertz CT molecular complexity index is 1040. The van der Waals surface area contributed by atoms with Gasteiger partial charge in [-0.1, -0.05) is 12.1 Å². The van der Waals surface area contributed by atoms with Gasteiger partial charge < -0.3 is 19.3 Å². The summed E-state index contributed by atoms with van der Waals surface area (Å²) in [4.78, 5) is 24.3. The van der Waals surface area contributed by atoms with Crippen LogP contribution in [0.15, 0.2) is 53.1 Å². The number of anilines is 1. The molecule has 31 heavy (non-hydrogen) atoms. The average Bonchev–Trinajstić information content (AvgIpc) is 3.32. The van der Waals surface area contributed by atoms with Crippen LogP contribution in [0, 0.1) is 5.92 Å². The summed E-state index contributed by atoms with van der Waals surface area (Å²) in [5.41, 5.74) is 0.630. The molecule has 2 aliphatic rings. The van der Waals surface area contributed by atoms with Gasteiger partial charge in [0.15, 0.2) is 0 Å². The second-order valence-corrected chi connectivity index (χ2v) is 8.46. The molecule has 0 unspecified atom stereocenters. The Hall–Kier alpha value is -3.06. The normalized spacial score (nSPS) is 18.6. The summed E-state index contributed by atoms with van der Waals surface area (Å²) < 4.78 is 5.44. The first-order valence-electron chi connectivity index (χ1n) is 11.0. The van der Waals surface area contributed by atoms with Crippen molar-refractivity contribution in [3.8, 4) is 5.75 Å². The molecule has 1 amide bonds. The predicted octanol–water partition coefficient (Wildman–Crippen LogP) is 3.09. The third kappa shape index (κ3) is 4.23. The van der Waals surface area contributed by atoms with E-state index in [0.29, 0.717) is 11.4 Å². The maximum Gasteiger partial charge on any atom is 0.225 e. The number of piperidine rings is 1. The number of para-hydroxylation sites is 1. The molecule has 0 bridgehead atoms. The Morgan fingerprint density at radius 3 is 2.55 bits per heavy atom. The van der Waals surface area contributed by atoms with Crippen molar-refractivity contribution < 1.29 is 14.3 Å². The smallest absolute Gasteiger partial charge is 0.225 e. The predicted molar refractivity (Wildman–Crippen MR) is 119 cm³/mol. The average molecular weight is 421 g/mol. The molecule has 0 atom stereocenters. The van der Waals surface area contributed by atoms with E-state index in [1.54, 1.807) is 12.3 Å². The lowest BCUT2D eigenvalue weighted by Gasteiger charge is -2.38. The van der Waals surface area contributed by atoms with Crippen LogP contribution in [-0.2, 0) is 11.3 Å². The minimum Gasteiger partial charge on any atom is -0.506 e. The summed E-state index contributed by atoms with van der Waals surface area (Å²) >= 11 is 0. The lowest BCUT2D eigenvalue weighted by Crippen LogP contribution is -2.51. The number of rotatable bonds is 4. The van der Waals surface area contributed by atoms with E-state index in [-0.39, 0.29) is 11.7 Å². The molecule has 2 aromatic heterocycles. The summed E-state index contributed by atoms with van der Waals surface area (Å²) in [6.07, 6.45) is 3.38. The number of furan rings is 1. The number of hydrogen-bond donors (Lipinski definition) is 1. The van der Waals surface area contributed by atoms with E-state index in [1.807, 2.05) is 41.3 Å². The van der Waals surface area contributed by atoms with Crippen molar-refractivity contribution in [3.63, 3.8) is 0 Å². The van der Waals surface area contributed by atoms with Crippen molar-refractivity contribution in [3.05, 3.63) is 54.5 Å². The minimum absolute atomic E-state index is 0.0849. The number of nitrogens with zero attached hydrogens (tertiary/aromatic N) is 4. The van der Waals surface area contributed by atoms with E-state index >= 15 is 0 Å². The van der Waals surface area contributed by atoms with Gasteiger partial charge in [0.2, 0.25) is 5.91 Å². The zero-order chi connectivity index (χ0) is 21.2. The molecule has 2 aliphatic heterocycles. The van der Waals surface area contributed by atoms with Gasteiger partial charge in [0.25, 0.3) is 0 Å². The summed E-state index contributed by atoms with van der Waals surface area (Å²) in [7, 11) is 0. The molecule has 5 rings (SSSR count). The second-order valence-electron chi connectivity index (χ2n) is 8.46. The molecule has 1 N–H and O–H groups in total. The van der Waals surface area contributed by atoms with E-state index in [1.165, 1.54) is 0 Å². The summed E-state index contributed by atoms with van der Waals surface area (Å²) in [6.45, 7) is 5.76. The molecule has 3 aromatic rings. The largest absolute Gasteiger partial charge is 0.506 e. The Kier molecular flexibility index (Phi) is 5.51. The van der Waals surface area contributed by atoms with E-state index in [9.17, 15) is 9.90 Å². The summed E-state index contributed by atoms with van der Waals surface area (Å²) in [5.74, 6) is 2.42. The van der Waals surface area contributed by atoms with Crippen molar-refractivity contribution in [2.24, 2.45) is 5.92 Å². The second kappa shape index (κ2) is 8.59. The number of carbonyl (C=O) groups excluding carboxylic acids is 1. The van der Waals surface area contributed by atoms with Gasteiger partial charge in [-0.05, 0) is 43.2 Å². The minimum atomic E-state index is 0.0849. The number of phenols is 1. The molecule has 0 radical (unpaired) electrons. The van der Waals surface area contributed by atoms with E-state index in [4.69, 9.17) is 4.42 Å². The highest BCUT2D eigenvalue weighted by Crippen LogP contribution is 2.28. The van der Waals surface area contributed by atoms with Crippen LogP contribution < -0.4 is 4.90 Å². The molecule has 7 nitrogen and oxygen atoms in total. The Morgan fingerprint density at radius 1 is 1.00 bits per heavy atom. The lowest BCUT2D eigenvalue weighted by molar-refractivity contribution is -0.138. The quantitative estimate of drug-likeness (QED) is 0.699. The Balaban J connectivity index is 1.15. The van der Waals surface area contributed by atoms with Crippen molar-refractivity contribution >= 4 is 22.6 Å². The lowest BCUT2D eigenvalue weighted by atomic mass is 9.95. The number of amides is 1. The van der Waals surface area contributed by atoms with E-state index < -0.39 is 0 Å². The number of phenolic OH excluding ortho intramolecular Hbond substituents is 1. The molecular weight excluding hydrogens is 392 g/mol. The van der Waals surface area contributed by atoms with Crippen molar-refractivity contribution in [1.29, 1.82) is 0 Å². The van der Waals surface area contributed by atoms with Crippen LogP contribution in [-0.4, -0.2) is 65.1 Å². The topological polar surface area (TPSA) is 73.1 Å². The molecule has 4 heterocycles. The third-order valence-corrected chi connectivity index (χ3v) is 6.50. The van der Waals surface area contributed by atoms with E-state index in [2.05, 4.69) is 14.8 Å². The highest BCUT2D eigenvalue weighted by molar-refractivity contribution is 5.85. The number of fused-ring (bicyclic) bond motifs is 1. The standard InChI is InChI=1S/C24H28N4O3/c29-21-5-1-3-18-6-7-22(25-23(18)21)27-10-8-19(9-11-27)24(30)28-14-12-26(13-15-28)17-20-4-2-16-31-20/h1-7,16,19,29H,8-15,17H2. The number of benzene rings is 1. The van der Waals surface area contributed by atoms with Crippen LogP contribution in [0.5, 0.6) is 5.75 Å². The zero-order valence-electron chi connectivity index (χ0n) is 17.6. The number of aromatic nitrogens is 1. The maximum absolute atomic E-state index is 13.1. The number of carbonyl (C=O) groups is 1. The molecule has 2 saturated heterocycles. The molecule has 0 saturated carbocycles. The van der Waals surface area contributed by atoms with Crippen LogP contribution in [0.4, 0.5) is 5.82 Å². The van der Waals surface area contributed by atoms with Crippen molar-refractivity contribution in [1.82, 2.24) is 14.8 Å². The molecule has 1 aromatic carbocycles. The zero-order valence-corrected chi connectivity index (χ0v) is 17.6. The number of pyridine rings is 1. The van der Waals surface area contributed by atoms with Gasteiger partial charge in [-0.2, -0.15) is 0 Å². The van der Waals surface area contributed by atoms with Crippen LogP contribution in [0.2, 0.25) is 0 Å². The van der Waals surface area contributed by atoms with Crippen molar-refractivity contribution in [2.75, 3.05) is 44.2 Å². The van der Waals surface area contributed by atoms with Gasteiger partial charge in [0.05, 0.1) is 12.8 Å². The first-order chi connectivity index (χ1) is 15.2. The van der Waals surface area contributed by atoms with Crippen LogP contribution >= 0.6 is 0 Å². The highest BCUT2D eigenvalue weighted by Gasteiger charge is 2.31. The van der Waals surface area contributed by atoms with Gasteiger partial charge in [0, 0.05) is 50.6 Å². The number of piperazine rings is 1. The Morgan fingerprint density at radius 2 is 1.81 bits per heavy atom. The fourth-order valence-corrected chi connectivity index (χ4v) is 4.66. The van der Waals surface area contributed by atoms with Gasteiger partial charge in [-0.25, -0.2) is 4.98 Å². The molecule has 162 valence electrons. The third-order valence-electron chi connectivity index (χ3n) is 6.50. The summed E-state index contributed by atoms with van der Waals surface area (Å²) in [6, 6.07) is 13.4. The fraction of sp³-hybridized carbons (Fsp3) is 0.417. The summed E-state index contributed by atoms with van der Waals surface area (Å²) in [5, 5.41) is 11.0. The number of aromatic hydroxyl groups is 1. The van der Waals surface area contributed by atoms with Crippen LogP contribution in [0.25, 0.3) is 10.9 Å².